The molecule has 1 N–H and O–H groups in total. The summed E-state index contributed by atoms with van der Waals surface area (Å²) in [5.41, 5.74) is 4.70. The summed E-state index contributed by atoms with van der Waals surface area (Å²) in [7, 11) is 0. The summed E-state index contributed by atoms with van der Waals surface area (Å²) in [6.45, 7) is 2.13. The first-order chi connectivity index (χ1) is 14.2. The SMILES string of the molecule is CCc1ccccc1C1N=C(Nc2nc3ccccc3o2)N=C2CCCC(=O)C21. The van der Waals surface area contributed by atoms with E-state index in [2.05, 4.69) is 34.3 Å². The Labute approximate surface area is 168 Å². The number of fused-ring (bicyclic) bond motifs is 2. The highest BCUT2D eigenvalue weighted by Gasteiger charge is 2.39. The number of Topliss-reactive ketones (excluding diaryl/α,β-unsaturated/α-hetero) is 1. The monoisotopic (exact) mass is 386 g/mol. The number of aliphatic imine (C=N–C) groups is 2. The van der Waals surface area contributed by atoms with Gasteiger partial charge in [-0.25, -0.2) is 9.98 Å². The molecular weight excluding hydrogens is 364 g/mol. The zero-order valence-electron chi connectivity index (χ0n) is 16.3. The number of aromatic nitrogens is 1. The van der Waals surface area contributed by atoms with Gasteiger partial charge in [0.05, 0.1) is 12.0 Å². The van der Waals surface area contributed by atoms with Crippen molar-refractivity contribution >= 4 is 34.6 Å². The van der Waals surface area contributed by atoms with E-state index in [0.29, 0.717) is 24.0 Å². The largest absolute Gasteiger partial charge is 0.423 e. The van der Waals surface area contributed by atoms with Crippen LogP contribution in [0.25, 0.3) is 11.1 Å². The molecule has 0 saturated heterocycles. The number of nitrogens with zero attached hydrogens (tertiary/aromatic N) is 3. The third-order valence-corrected chi connectivity index (χ3v) is 5.66. The first-order valence-corrected chi connectivity index (χ1v) is 10.1. The summed E-state index contributed by atoms with van der Waals surface area (Å²) < 4.78 is 5.77. The van der Waals surface area contributed by atoms with Crippen molar-refractivity contribution in [2.24, 2.45) is 15.9 Å². The second-order valence-corrected chi connectivity index (χ2v) is 7.46. The third-order valence-electron chi connectivity index (χ3n) is 5.66. The minimum atomic E-state index is -0.273. The highest BCUT2D eigenvalue weighted by molar-refractivity contribution is 6.14. The van der Waals surface area contributed by atoms with Gasteiger partial charge in [-0.05, 0) is 42.5 Å². The van der Waals surface area contributed by atoms with E-state index in [1.165, 1.54) is 5.56 Å². The van der Waals surface area contributed by atoms with Crippen LogP contribution in [-0.4, -0.2) is 22.4 Å². The van der Waals surface area contributed by atoms with Gasteiger partial charge in [0.1, 0.15) is 11.3 Å². The number of hydrogen-bond donors (Lipinski definition) is 1. The van der Waals surface area contributed by atoms with Crippen molar-refractivity contribution in [3.05, 3.63) is 59.7 Å². The molecule has 146 valence electrons. The number of hydrogen-bond acceptors (Lipinski definition) is 6. The molecule has 1 saturated carbocycles. The Hall–Kier alpha value is -3.28. The number of oxazole rings is 1. The number of carbonyl (C=O) groups is 1. The Morgan fingerprint density at radius 1 is 1.10 bits per heavy atom. The van der Waals surface area contributed by atoms with Gasteiger partial charge in [-0.15, -0.1) is 0 Å². The van der Waals surface area contributed by atoms with Gasteiger partial charge in [0.2, 0.25) is 5.96 Å². The van der Waals surface area contributed by atoms with Crippen LogP contribution < -0.4 is 5.32 Å². The predicted molar refractivity (Wildman–Crippen MR) is 113 cm³/mol. The molecule has 3 aromatic rings. The maximum Gasteiger partial charge on any atom is 0.302 e. The van der Waals surface area contributed by atoms with Crippen LogP contribution in [0, 0.1) is 5.92 Å². The van der Waals surface area contributed by atoms with E-state index >= 15 is 0 Å². The van der Waals surface area contributed by atoms with Crippen LogP contribution >= 0.6 is 0 Å². The van der Waals surface area contributed by atoms with Gasteiger partial charge in [0.25, 0.3) is 0 Å². The Morgan fingerprint density at radius 2 is 1.93 bits per heavy atom. The van der Waals surface area contributed by atoms with Crippen LogP contribution in [0.1, 0.15) is 43.4 Å². The number of rotatable bonds is 3. The zero-order chi connectivity index (χ0) is 19.8. The summed E-state index contributed by atoms with van der Waals surface area (Å²) in [6, 6.07) is 15.9. The predicted octanol–water partition coefficient (Wildman–Crippen LogP) is 4.72. The molecule has 0 spiro atoms. The summed E-state index contributed by atoms with van der Waals surface area (Å²) in [6.07, 6.45) is 3.14. The normalized spacial score (nSPS) is 21.5. The third kappa shape index (κ3) is 3.24. The van der Waals surface area contributed by atoms with E-state index in [1.54, 1.807) is 0 Å². The topological polar surface area (TPSA) is 79.8 Å². The molecule has 2 aromatic carbocycles. The molecule has 1 aliphatic heterocycles. The zero-order valence-corrected chi connectivity index (χ0v) is 16.3. The molecule has 6 nitrogen and oxygen atoms in total. The van der Waals surface area contributed by atoms with Crippen molar-refractivity contribution in [1.29, 1.82) is 0 Å². The molecule has 1 aliphatic carbocycles. The molecule has 2 aliphatic rings. The first-order valence-electron chi connectivity index (χ1n) is 10.1. The minimum absolute atomic E-state index is 0.232. The number of ketones is 1. The van der Waals surface area contributed by atoms with Gasteiger partial charge in [-0.1, -0.05) is 43.3 Å². The lowest BCUT2D eigenvalue weighted by Gasteiger charge is -2.32. The Balaban J connectivity index is 1.55. The Morgan fingerprint density at radius 3 is 2.79 bits per heavy atom. The van der Waals surface area contributed by atoms with Crippen molar-refractivity contribution in [2.75, 3.05) is 5.32 Å². The van der Waals surface area contributed by atoms with Crippen LogP contribution in [0.4, 0.5) is 6.01 Å². The van der Waals surface area contributed by atoms with Gasteiger partial charge in [-0.3, -0.25) is 10.1 Å². The van der Waals surface area contributed by atoms with E-state index in [-0.39, 0.29) is 17.7 Å². The Bertz CT molecular complexity index is 1110. The van der Waals surface area contributed by atoms with E-state index < -0.39 is 0 Å². The van der Waals surface area contributed by atoms with Crippen LogP contribution in [0.3, 0.4) is 0 Å². The van der Waals surface area contributed by atoms with E-state index in [0.717, 1.165) is 36.1 Å². The molecule has 2 unspecified atom stereocenters. The molecule has 0 bridgehead atoms. The van der Waals surface area contributed by atoms with Crippen molar-refractivity contribution < 1.29 is 9.21 Å². The fourth-order valence-corrected chi connectivity index (χ4v) is 4.27. The summed E-state index contributed by atoms with van der Waals surface area (Å²) in [5, 5.41) is 3.13. The lowest BCUT2D eigenvalue weighted by molar-refractivity contribution is -0.122. The van der Waals surface area contributed by atoms with Crippen LogP contribution in [0.15, 0.2) is 62.9 Å². The smallest absolute Gasteiger partial charge is 0.302 e. The number of anilines is 1. The maximum atomic E-state index is 12.8. The van der Waals surface area contributed by atoms with E-state index in [4.69, 9.17) is 9.41 Å². The van der Waals surface area contributed by atoms with Crippen molar-refractivity contribution in [2.45, 2.75) is 38.6 Å². The van der Waals surface area contributed by atoms with E-state index in [9.17, 15) is 4.79 Å². The number of nitrogens with one attached hydrogen (secondary N) is 1. The van der Waals surface area contributed by atoms with Gasteiger partial charge in [0, 0.05) is 12.1 Å². The molecule has 5 rings (SSSR count). The number of para-hydroxylation sites is 2. The number of carbonyl (C=O) groups excluding carboxylic acids is 1. The lowest BCUT2D eigenvalue weighted by atomic mass is 9.77. The maximum absolute atomic E-state index is 12.8. The molecule has 2 heterocycles. The second-order valence-electron chi connectivity index (χ2n) is 7.46. The van der Waals surface area contributed by atoms with Crippen LogP contribution in [0.2, 0.25) is 0 Å². The van der Waals surface area contributed by atoms with Gasteiger partial charge in [-0.2, -0.15) is 4.98 Å². The van der Waals surface area contributed by atoms with Gasteiger partial charge in [0.15, 0.2) is 5.58 Å². The Kier molecular flexibility index (Phi) is 4.46. The van der Waals surface area contributed by atoms with Gasteiger partial charge >= 0.3 is 6.01 Å². The highest BCUT2D eigenvalue weighted by Crippen LogP contribution is 2.38. The van der Waals surface area contributed by atoms with Crippen molar-refractivity contribution in [3.63, 3.8) is 0 Å². The fraction of sp³-hybridized carbons (Fsp3) is 0.304. The molecule has 29 heavy (non-hydrogen) atoms. The van der Waals surface area contributed by atoms with Gasteiger partial charge < -0.3 is 4.42 Å². The summed E-state index contributed by atoms with van der Waals surface area (Å²) >= 11 is 0. The highest BCUT2D eigenvalue weighted by atomic mass is 16.4. The molecule has 1 fully saturated rings. The number of aryl methyl sites for hydroxylation is 1. The molecule has 6 heteroatoms. The molecule has 0 amide bonds. The van der Waals surface area contributed by atoms with Crippen molar-refractivity contribution in [1.82, 2.24) is 4.98 Å². The summed E-state index contributed by atoms with van der Waals surface area (Å²) in [5.74, 6) is 0.412. The quantitative estimate of drug-likeness (QED) is 0.706. The minimum Gasteiger partial charge on any atom is -0.423 e. The van der Waals surface area contributed by atoms with Crippen LogP contribution in [-0.2, 0) is 11.2 Å². The second kappa shape index (κ2) is 7.28. The number of guanidine groups is 1. The van der Waals surface area contributed by atoms with Crippen molar-refractivity contribution in [3.8, 4) is 0 Å². The summed E-state index contributed by atoms with van der Waals surface area (Å²) in [4.78, 5) is 26.8. The average molecular weight is 386 g/mol. The molecular formula is C23H22N4O2. The lowest BCUT2D eigenvalue weighted by Crippen LogP contribution is -2.38. The molecule has 2 atom stereocenters. The fourth-order valence-electron chi connectivity index (χ4n) is 4.27. The van der Waals surface area contributed by atoms with Crippen LogP contribution in [0.5, 0.6) is 0 Å². The molecule has 0 radical (unpaired) electrons. The average Bonchev–Trinajstić information content (AvgIpc) is 3.15. The number of benzene rings is 2. The molecule has 1 aromatic heterocycles. The standard InChI is InChI=1S/C23H22N4O2/c1-2-14-8-3-4-9-15(14)21-20-17(11-7-12-18(20)28)24-22(26-21)27-23-25-16-10-5-6-13-19(16)29-23/h3-6,8-10,13,20-21H,2,7,11-12H2,1H3,(H,25,26,27). The van der Waals surface area contributed by atoms with E-state index in [1.807, 2.05) is 36.4 Å². The first kappa shape index (κ1) is 17.8.